The van der Waals surface area contributed by atoms with Crippen LogP contribution in [0.15, 0.2) is 54.6 Å². The molecule has 0 aromatic heterocycles. The first-order chi connectivity index (χ1) is 13.4. The molecular formula is C21H22F3NO3. The summed E-state index contributed by atoms with van der Waals surface area (Å²) in [6.45, 7) is 0.732. The van der Waals surface area contributed by atoms with E-state index in [9.17, 15) is 18.0 Å². The molecule has 0 bridgehead atoms. The average Bonchev–Trinajstić information content (AvgIpc) is 3.14. The molecule has 4 nitrogen and oxygen atoms in total. The number of alkyl halides is 3. The highest BCUT2D eigenvalue weighted by atomic mass is 19.4. The fourth-order valence-corrected chi connectivity index (χ4v) is 3.18. The molecule has 0 amide bonds. The summed E-state index contributed by atoms with van der Waals surface area (Å²) in [5.74, 6) is -0.0475. The smallest absolute Gasteiger partial charge is 0.422 e. The third kappa shape index (κ3) is 6.18. The Balaban J connectivity index is 1.43. The number of halogens is 3. The normalized spacial score (nSPS) is 16.8. The van der Waals surface area contributed by atoms with Crippen molar-refractivity contribution in [1.29, 1.82) is 0 Å². The molecule has 0 radical (unpaired) electrons. The van der Waals surface area contributed by atoms with Gasteiger partial charge in [0.2, 0.25) is 0 Å². The van der Waals surface area contributed by atoms with E-state index in [0.29, 0.717) is 12.2 Å². The van der Waals surface area contributed by atoms with Crippen molar-refractivity contribution in [2.24, 2.45) is 5.92 Å². The highest BCUT2D eigenvalue weighted by Gasteiger charge is 2.28. The largest absolute Gasteiger partial charge is 0.484 e. The van der Waals surface area contributed by atoms with Gasteiger partial charge in [0.15, 0.2) is 6.61 Å². The van der Waals surface area contributed by atoms with Crippen molar-refractivity contribution >= 4 is 11.7 Å². The highest BCUT2D eigenvalue weighted by molar-refractivity contribution is 5.72. The summed E-state index contributed by atoms with van der Waals surface area (Å²) in [5, 5.41) is 0. The summed E-state index contributed by atoms with van der Waals surface area (Å²) in [5.41, 5.74) is 1.72. The van der Waals surface area contributed by atoms with Crippen LogP contribution >= 0.6 is 0 Å². The van der Waals surface area contributed by atoms with E-state index in [2.05, 4.69) is 17.0 Å². The lowest BCUT2D eigenvalue weighted by Crippen LogP contribution is -2.22. The van der Waals surface area contributed by atoms with Crippen LogP contribution in [0.2, 0.25) is 0 Å². The van der Waals surface area contributed by atoms with Crippen molar-refractivity contribution in [3.63, 3.8) is 0 Å². The lowest BCUT2D eigenvalue weighted by Gasteiger charge is -2.18. The van der Waals surface area contributed by atoms with Crippen molar-refractivity contribution < 1.29 is 27.4 Å². The van der Waals surface area contributed by atoms with Crippen molar-refractivity contribution in [1.82, 2.24) is 0 Å². The summed E-state index contributed by atoms with van der Waals surface area (Å²) < 4.78 is 46.8. The Morgan fingerprint density at radius 1 is 1.11 bits per heavy atom. The van der Waals surface area contributed by atoms with Gasteiger partial charge >= 0.3 is 12.1 Å². The number of ether oxygens (including phenoxy) is 2. The predicted octanol–water partition coefficient (Wildman–Crippen LogP) is 4.24. The fraction of sp³-hybridized carbons (Fsp3) is 0.381. The summed E-state index contributed by atoms with van der Waals surface area (Å²) in [7, 11) is 0. The molecule has 1 aliphatic heterocycles. The molecule has 28 heavy (non-hydrogen) atoms. The van der Waals surface area contributed by atoms with Gasteiger partial charge in [-0.15, -0.1) is 0 Å². The predicted molar refractivity (Wildman–Crippen MR) is 99.4 cm³/mol. The molecule has 1 heterocycles. The molecule has 0 spiro atoms. The van der Waals surface area contributed by atoms with Crippen LogP contribution in [-0.4, -0.2) is 38.4 Å². The van der Waals surface area contributed by atoms with Crippen LogP contribution in [0.4, 0.5) is 18.9 Å². The summed E-state index contributed by atoms with van der Waals surface area (Å²) in [4.78, 5) is 14.4. The molecule has 2 aromatic carbocycles. The molecule has 3 rings (SSSR count). The van der Waals surface area contributed by atoms with Crippen LogP contribution in [0, 0.1) is 5.92 Å². The molecule has 1 atom stereocenters. The number of nitrogens with zero attached hydrogens (tertiary/aromatic N) is 1. The van der Waals surface area contributed by atoms with Gasteiger partial charge in [-0.2, -0.15) is 13.2 Å². The number of hydrogen-bond acceptors (Lipinski definition) is 4. The minimum atomic E-state index is -4.40. The third-order valence-electron chi connectivity index (χ3n) is 4.54. The fourth-order valence-electron chi connectivity index (χ4n) is 3.18. The lowest BCUT2D eigenvalue weighted by molar-refractivity contribution is -0.153. The number of benzene rings is 2. The van der Waals surface area contributed by atoms with E-state index >= 15 is 0 Å². The van der Waals surface area contributed by atoms with Gasteiger partial charge in [-0.25, -0.2) is 0 Å². The molecule has 0 N–H and O–H groups in total. The Morgan fingerprint density at radius 3 is 2.64 bits per heavy atom. The maximum atomic E-state index is 12.2. The average molecular weight is 393 g/mol. The van der Waals surface area contributed by atoms with E-state index in [1.165, 1.54) is 12.1 Å². The van der Waals surface area contributed by atoms with E-state index in [-0.39, 0.29) is 18.1 Å². The lowest BCUT2D eigenvalue weighted by atomic mass is 10.1. The first kappa shape index (κ1) is 20.0. The highest BCUT2D eigenvalue weighted by Crippen LogP contribution is 2.24. The zero-order valence-corrected chi connectivity index (χ0v) is 15.3. The molecule has 1 aliphatic rings. The number of para-hydroxylation sites is 1. The number of esters is 1. The monoisotopic (exact) mass is 393 g/mol. The van der Waals surface area contributed by atoms with Crippen molar-refractivity contribution in [3.05, 3.63) is 60.2 Å². The standard InChI is InChI=1S/C21H22F3NO3/c22-21(23,24)15-28-19-8-4-5-16(11-19)12-20(26)27-14-17-9-10-25(13-17)18-6-2-1-3-7-18/h1-8,11,17H,9-10,12-15H2/t17-/m1/s1. The van der Waals surface area contributed by atoms with Crippen LogP contribution in [0.5, 0.6) is 5.75 Å². The molecule has 1 fully saturated rings. The van der Waals surface area contributed by atoms with Crippen molar-refractivity contribution in [2.45, 2.75) is 19.0 Å². The number of hydrogen-bond donors (Lipinski definition) is 0. The van der Waals surface area contributed by atoms with Gasteiger partial charge in [-0.1, -0.05) is 30.3 Å². The zero-order chi connectivity index (χ0) is 20.0. The molecular weight excluding hydrogens is 371 g/mol. The van der Waals surface area contributed by atoms with Gasteiger partial charge in [0.1, 0.15) is 5.75 Å². The van der Waals surface area contributed by atoms with Crippen molar-refractivity contribution in [3.8, 4) is 5.75 Å². The van der Waals surface area contributed by atoms with Crippen molar-refractivity contribution in [2.75, 3.05) is 31.2 Å². The Labute approximate surface area is 161 Å². The van der Waals surface area contributed by atoms with Gasteiger partial charge in [-0.3, -0.25) is 4.79 Å². The second kappa shape index (κ2) is 8.99. The Kier molecular flexibility index (Phi) is 6.44. The molecule has 1 saturated heterocycles. The first-order valence-corrected chi connectivity index (χ1v) is 9.13. The van der Waals surface area contributed by atoms with Crippen LogP contribution in [-0.2, 0) is 16.0 Å². The molecule has 0 saturated carbocycles. The van der Waals surface area contributed by atoms with E-state index < -0.39 is 18.8 Å². The maximum Gasteiger partial charge on any atom is 0.422 e. The van der Waals surface area contributed by atoms with Gasteiger partial charge in [-0.05, 0) is 36.2 Å². The summed E-state index contributed by atoms with van der Waals surface area (Å²) in [6.07, 6.45) is -3.45. The second-order valence-electron chi connectivity index (χ2n) is 6.85. The van der Waals surface area contributed by atoms with Crippen LogP contribution in [0.25, 0.3) is 0 Å². The SMILES string of the molecule is O=C(Cc1cccc(OCC(F)(F)F)c1)OC[C@@H]1CCN(c2ccccc2)C1. The van der Waals surface area contributed by atoms with E-state index in [1.54, 1.807) is 12.1 Å². The van der Waals surface area contributed by atoms with Gasteiger partial charge < -0.3 is 14.4 Å². The summed E-state index contributed by atoms with van der Waals surface area (Å²) in [6, 6.07) is 16.2. The summed E-state index contributed by atoms with van der Waals surface area (Å²) >= 11 is 0. The molecule has 7 heteroatoms. The van der Waals surface area contributed by atoms with Crippen LogP contribution < -0.4 is 9.64 Å². The second-order valence-corrected chi connectivity index (χ2v) is 6.85. The Hall–Kier alpha value is -2.70. The van der Waals surface area contributed by atoms with E-state index in [4.69, 9.17) is 9.47 Å². The maximum absolute atomic E-state index is 12.2. The quantitative estimate of drug-likeness (QED) is 0.660. The number of carbonyl (C=O) groups is 1. The van der Waals surface area contributed by atoms with Crippen LogP contribution in [0.3, 0.4) is 0 Å². The molecule has 0 aliphatic carbocycles. The van der Waals surface area contributed by atoms with E-state index in [1.807, 2.05) is 18.2 Å². The third-order valence-corrected chi connectivity index (χ3v) is 4.54. The minimum Gasteiger partial charge on any atom is -0.484 e. The molecule has 150 valence electrons. The molecule has 2 aromatic rings. The van der Waals surface area contributed by atoms with Gasteiger partial charge in [0, 0.05) is 24.7 Å². The Morgan fingerprint density at radius 2 is 1.89 bits per heavy atom. The Bertz CT molecular complexity index is 780. The number of rotatable bonds is 7. The van der Waals surface area contributed by atoms with Crippen LogP contribution in [0.1, 0.15) is 12.0 Å². The first-order valence-electron chi connectivity index (χ1n) is 9.13. The zero-order valence-electron chi connectivity index (χ0n) is 15.3. The molecule has 0 unspecified atom stereocenters. The van der Waals surface area contributed by atoms with Gasteiger partial charge in [0.05, 0.1) is 13.0 Å². The van der Waals surface area contributed by atoms with E-state index in [0.717, 1.165) is 25.2 Å². The van der Waals surface area contributed by atoms with Gasteiger partial charge in [0.25, 0.3) is 0 Å². The topological polar surface area (TPSA) is 38.8 Å². The minimum absolute atomic E-state index is 0.00165. The number of anilines is 1. The number of carbonyl (C=O) groups excluding carboxylic acids is 1.